The SMILES string of the molecule is CNC(=O)Oc1nc(C(F)(F)F)nn1C(C)(C)C. The first kappa shape index (κ1) is 14.3. The Morgan fingerprint density at radius 2 is 1.89 bits per heavy atom. The first-order valence-corrected chi connectivity index (χ1v) is 5.00. The maximum Gasteiger partial charge on any atom is 0.453 e. The minimum Gasteiger partial charge on any atom is -0.374 e. The van der Waals surface area contributed by atoms with Crippen molar-refractivity contribution < 1.29 is 22.7 Å². The van der Waals surface area contributed by atoms with Crippen LogP contribution in [0.25, 0.3) is 0 Å². The lowest BCUT2D eigenvalue weighted by Gasteiger charge is -2.19. The lowest BCUT2D eigenvalue weighted by atomic mass is 10.1. The molecule has 0 atom stereocenters. The summed E-state index contributed by atoms with van der Waals surface area (Å²) in [5.74, 6) is -1.35. The monoisotopic (exact) mass is 266 g/mol. The zero-order valence-corrected chi connectivity index (χ0v) is 10.3. The Labute approximate surface area is 101 Å². The molecule has 0 fully saturated rings. The first-order chi connectivity index (χ1) is 8.05. The summed E-state index contributed by atoms with van der Waals surface area (Å²) in [6.45, 7) is 4.83. The standard InChI is InChI=1S/C9H13F3N4O2/c1-8(2,3)16-6(18-7(17)13-4)14-5(15-16)9(10,11)12/h1-4H3,(H,13,17). The number of halogens is 3. The highest BCUT2D eigenvalue weighted by Crippen LogP contribution is 2.30. The van der Waals surface area contributed by atoms with Crippen molar-refractivity contribution in [2.75, 3.05) is 7.05 Å². The Morgan fingerprint density at radius 3 is 2.28 bits per heavy atom. The zero-order valence-electron chi connectivity index (χ0n) is 10.3. The Balaban J connectivity index is 3.22. The molecule has 9 heteroatoms. The van der Waals surface area contributed by atoms with Gasteiger partial charge in [-0.3, -0.25) is 0 Å². The molecule has 1 rings (SSSR count). The molecular formula is C9H13F3N4O2. The Bertz CT molecular complexity index is 448. The molecule has 0 bridgehead atoms. The molecular weight excluding hydrogens is 253 g/mol. The smallest absolute Gasteiger partial charge is 0.374 e. The van der Waals surface area contributed by atoms with Crippen LogP contribution >= 0.6 is 0 Å². The molecule has 1 N–H and O–H groups in total. The van der Waals surface area contributed by atoms with E-state index >= 15 is 0 Å². The second-order valence-corrected chi connectivity index (χ2v) is 4.44. The number of alkyl halides is 3. The minimum atomic E-state index is -4.70. The molecule has 6 nitrogen and oxygen atoms in total. The van der Waals surface area contributed by atoms with Gasteiger partial charge in [0.15, 0.2) is 0 Å². The molecule has 102 valence electrons. The van der Waals surface area contributed by atoms with E-state index in [0.29, 0.717) is 0 Å². The summed E-state index contributed by atoms with van der Waals surface area (Å²) in [5, 5.41) is 5.43. The third-order valence-corrected chi connectivity index (χ3v) is 1.85. The average molecular weight is 266 g/mol. The largest absolute Gasteiger partial charge is 0.453 e. The molecule has 0 radical (unpaired) electrons. The van der Waals surface area contributed by atoms with Crippen LogP contribution in [-0.4, -0.2) is 27.9 Å². The predicted octanol–water partition coefficient (Wildman–Crippen LogP) is 1.77. The molecule has 1 heterocycles. The number of ether oxygens (including phenoxy) is 1. The van der Waals surface area contributed by atoms with Gasteiger partial charge in [-0.25, -0.2) is 9.48 Å². The Kier molecular flexibility index (Phi) is 3.54. The fraction of sp³-hybridized carbons (Fsp3) is 0.667. The van der Waals surface area contributed by atoms with Crippen LogP contribution in [0.15, 0.2) is 0 Å². The number of amides is 1. The van der Waals surface area contributed by atoms with E-state index in [2.05, 4.69) is 20.1 Å². The van der Waals surface area contributed by atoms with Crippen LogP contribution in [0.4, 0.5) is 18.0 Å². The molecule has 0 unspecified atom stereocenters. The number of hydrogen-bond donors (Lipinski definition) is 1. The number of hydrogen-bond acceptors (Lipinski definition) is 4. The lowest BCUT2D eigenvalue weighted by molar-refractivity contribution is -0.145. The van der Waals surface area contributed by atoms with E-state index in [9.17, 15) is 18.0 Å². The highest BCUT2D eigenvalue weighted by atomic mass is 19.4. The van der Waals surface area contributed by atoms with E-state index in [1.807, 2.05) is 0 Å². The molecule has 0 saturated carbocycles. The van der Waals surface area contributed by atoms with Gasteiger partial charge < -0.3 is 10.1 Å². The topological polar surface area (TPSA) is 69.0 Å². The third-order valence-electron chi connectivity index (χ3n) is 1.85. The summed E-state index contributed by atoms with van der Waals surface area (Å²) in [4.78, 5) is 14.2. The van der Waals surface area contributed by atoms with Crippen molar-refractivity contribution in [3.8, 4) is 6.01 Å². The summed E-state index contributed by atoms with van der Waals surface area (Å²) in [6, 6.07) is -0.505. The summed E-state index contributed by atoms with van der Waals surface area (Å²) >= 11 is 0. The van der Waals surface area contributed by atoms with Gasteiger partial charge in [0.2, 0.25) is 0 Å². The third kappa shape index (κ3) is 3.11. The maximum atomic E-state index is 12.5. The van der Waals surface area contributed by atoms with Gasteiger partial charge in [0.05, 0.1) is 5.54 Å². The van der Waals surface area contributed by atoms with E-state index < -0.39 is 29.6 Å². The molecule has 1 aromatic heterocycles. The van der Waals surface area contributed by atoms with Crippen LogP contribution in [-0.2, 0) is 11.7 Å². The molecule has 0 aliphatic carbocycles. The van der Waals surface area contributed by atoms with Crippen LogP contribution in [0, 0.1) is 0 Å². The number of nitrogens with one attached hydrogen (secondary N) is 1. The van der Waals surface area contributed by atoms with Crippen molar-refractivity contribution in [3.05, 3.63) is 5.82 Å². The van der Waals surface area contributed by atoms with Crippen LogP contribution in [0.2, 0.25) is 0 Å². The highest BCUT2D eigenvalue weighted by molar-refractivity contribution is 5.68. The number of aromatic nitrogens is 3. The summed E-state index contributed by atoms with van der Waals surface area (Å²) in [5.41, 5.74) is -0.806. The highest BCUT2D eigenvalue weighted by Gasteiger charge is 2.39. The van der Waals surface area contributed by atoms with E-state index in [1.54, 1.807) is 20.8 Å². The Hall–Kier alpha value is -1.80. The summed E-state index contributed by atoms with van der Waals surface area (Å²) < 4.78 is 43.0. The Morgan fingerprint density at radius 1 is 1.33 bits per heavy atom. The number of carbonyl (C=O) groups excluding carboxylic acids is 1. The van der Waals surface area contributed by atoms with Crippen LogP contribution in [0.1, 0.15) is 26.6 Å². The maximum absolute atomic E-state index is 12.5. The molecule has 0 aromatic carbocycles. The van der Waals surface area contributed by atoms with Crippen LogP contribution in [0.3, 0.4) is 0 Å². The molecule has 0 saturated heterocycles. The van der Waals surface area contributed by atoms with Gasteiger partial charge in [-0.1, -0.05) is 0 Å². The molecule has 0 aliphatic rings. The van der Waals surface area contributed by atoms with Gasteiger partial charge in [0.25, 0.3) is 5.82 Å². The van der Waals surface area contributed by atoms with Crippen molar-refractivity contribution in [1.82, 2.24) is 20.1 Å². The summed E-state index contributed by atoms with van der Waals surface area (Å²) in [6.07, 6.45) is -5.61. The number of carbonyl (C=O) groups is 1. The van der Waals surface area contributed by atoms with Gasteiger partial charge in [0.1, 0.15) is 0 Å². The zero-order chi connectivity index (χ0) is 14.1. The normalized spacial score (nSPS) is 12.4. The fourth-order valence-electron chi connectivity index (χ4n) is 1.05. The second kappa shape index (κ2) is 4.46. The second-order valence-electron chi connectivity index (χ2n) is 4.44. The van der Waals surface area contributed by atoms with Crippen molar-refractivity contribution in [3.63, 3.8) is 0 Å². The van der Waals surface area contributed by atoms with Gasteiger partial charge in [-0.2, -0.15) is 18.2 Å². The fourth-order valence-corrected chi connectivity index (χ4v) is 1.05. The lowest BCUT2D eigenvalue weighted by Crippen LogP contribution is -2.28. The van der Waals surface area contributed by atoms with Gasteiger partial charge in [0, 0.05) is 7.05 Å². The van der Waals surface area contributed by atoms with Crippen molar-refractivity contribution in [1.29, 1.82) is 0 Å². The molecule has 1 aromatic rings. The van der Waals surface area contributed by atoms with Gasteiger partial charge in [-0.05, 0) is 20.8 Å². The van der Waals surface area contributed by atoms with E-state index in [0.717, 1.165) is 4.68 Å². The molecule has 18 heavy (non-hydrogen) atoms. The van der Waals surface area contributed by atoms with Crippen molar-refractivity contribution in [2.45, 2.75) is 32.5 Å². The number of nitrogens with zero attached hydrogens (tertiary/aromatic N) is 3. The molecule has 0 spiro atoms. The van der Waals surface area contributed by atoms with Gasteiger partial charge in [-0.15, -0.1) is 5.10 Å². The van der Waals surface area contributed by atoms with Crippen molar-refractivity contribution in [2.24, 2.45) is 0 Å². The van der Waals surface area contributed by atoms with Crippen LogP contribution in [0.5, 0.6) is 6.01 Å². The van der Waals surface area contributed by atoms with E-state index in [1.165, 1.54) is 7.05 Å². The average Bonchev–Trinajstić information content (AvgIpc) is 2.60. The van der Waals surface area contributed by atoms with Crippen molar-refractivity contribution >= 4 is 6.09 Å². The quantitative estimate of drug-likeness (QED) is 0.841. The van der Waals surface area contributed by atoms with Gasteiger partial charge >= 0.3 is 18.3 Å². The number of rotatable bonds is 1. The van der Waals surface area contributed by atoms with Crippen LogP contribution < -0.4 is 10.1 Å². The van der Waals surface area contributed by atoms with E-state index in [4.69, 9.17) is 0 Å². The molecule has 0 aliphatic heterocycles. The summed E-state index contributed by atoms with van der Waals surface area (Å²) in [7, 11) is 1.28. The predicted molar refractivity (Wildman–Crippen MR) is 55.1 cm³/mol. The minimum absolute atomic E-state index is 0.505. The molecule has 1 amide bonds. The first-order valence-electron chi connectivity index (χ1n) is 5.00. The van der Waals surface area contributed by atoms with E-state index in [-0.39, 0.29) is 0 Å².